The minimum atomic E-state index is -0.148. The molecule has 4 heteroatoms. The highest BCUT2D eigenvalue weighted by molar-refractivity contribution is 6.06. The lowest BCUT2D eigenvalue weighted by atomic mass is 10.1. The number of nitrogens with one attached hydrogen (secondary N) is 2. The number of hydrogen-bond donors (Lipinski definition) is 2. The lowest BCUT2D eigenvalue weighted by molar-refractivity contribution is 0.102. The van der Waals surface area contributed by atoms with Crippen LogP contribution in [0.15, 0.2) is 48.8 Å². The molecule has 3 rings (SSSR count). The smallest absolute Gasteiger partial charge is 0.256 e. The van der Waals surface area contributed by atoms with Crippen LogP contribution in [-0.4, -0.2) is 15.9 Å². The van der Waals surface area contributed by atoms with Crippen LogP contribution < -0.4 is 5.32 Å². The maximum Gasteiger partial charge on any atom is 0.256 e. The lowest BCUT2D eigenvalue weighted by Gasteiger charge is -2.06. The molecule has 0 aliphatic rings. The Balaban J connectivity index is 1.89. The number of rotatable bonds is 2. The predicted molar refractivity (Wildman–Crippen MR) is 75.2 cm³/mol. The van der Waals surface area contributed by atoms with E-state index in [4.69, 9.17) is 0 Å². The predicted octanol–water partition coefficient (Wildman–Crippen LogP) is 3.12. The van der Waals surface area contributed by atoms with E-state index in [1.165, 1.54) is 0 Å². The summed E-state index contributed by atoms with van der Waals surface area (Å²) >= 11 is 0. The van der Waals surface area contributed by atoms with E-state index in [9.17, 15) is 4.79 Å². The number of nitrogens with zero attached hydrogens (tertiary/aromatic N) is 1. The van der Waals surface area contributed by atoms with Crippen molar-refractivity contribution >= 4 is 22.6 Å². The fourth-order valence-corrected chi connectivity index (χ4v) is 1.99. The molecule has 2 aromatic heterocycles. The quantitative estimate of drug-likeness (QED) is 0.735. The monoisotopic (exact) mass is 251 g/mol. The van der Waals surface area contributed by atoms with Crippen molar-refractivity contribution in [3.63, 3.8) is 0 Å². The summed E-state index contributed by atoms with van der Waals surface area (Å²) in [6, 6.07) is 11.3. The summed E-state index contributed by atoms with van der Waals surface area (Å²) in [5.41, 5.74) is 2.58. The van der Waals surface area contributed by atoms with E-state index < -0.39 is 0 Å². The van der Waals surface area contributed by atoms with Gasteiger partial charge in [0.05, 0.1) is 0 Å². The van der Waals surface area contributed by atoms with Crippen molar-refractivity contribution in [2.45, 2.75) is 6.92 Å². The van der Waals surface area contributed by atoms with E-state index in [0.29, 0.717) is 11.4 Å². The molecule has 4 nitrogen and oxygen atoms in total. The number of pyridine rings is 1. The van der Waals surface area contributed by atoms with Crippen molar-refractivity contribution in [2.24, 2.45) is 0 Å². The van der Waals surface area contributed by atoms with E-state index in [0.717, 1.165) is 16.5 Å². The fraction of sp³-hybridized carbons (Fsp3) is 0.0667. The second-order valence-corrected chi connectivity index (χ2v) is 4.40. The molecular weight excluding hydrogens is 238 g/mol. The number of hydrogen-bond acceptors (Lipinski definition) is 2. The van der Waals surface area contributed by atoms with Crippen molar-refractivity contribution < 1.29 is 4.79 Å². The molecule has 0 aliphatic heterocycles. The number of carbonyl (C=O) groups excluding carboxylic acids is 1. The van der Waals surface area contributed by atoms with Gasteiger partial charge in [-0.15, -0.1) is 0 Å². The molecule has 0 saturated heterocycles. The van der Waals surface area contributed by atoms with Crippen LogP contribution in [-0.2, 0) is 0 Å². The summed E-state index contributed by atoms with van der Waals surface area (Å²) in [6.45, 7) is 1.91. The first-order valence-corrected chi connectivity index (χ1v) is 6.04. The largest absolute Gasteiger partial charge is 0.361 e. The first-order chi connectivity index (χ1) is 9.24. The molecule has 94 valence electrons. The Labute approximate surface area is 110 Å². The maximum absolute atomic E-state index is 12.2. The Morgan fingerprint density at radius 1 is 1.26 bits per heavy atom. The van der Waals surface area contributed by atoms with Gasteiger partial charge in [0.25, 0.3) is 5.91 Å². The molecule has 3 aromatic rings. The van der Waals surface area contributed by atoms with Gasteiger partial charge in [0.15, 0.2) is 0 Å². The summed E-state index contributed by atoms with van der Waals surface area (Å²) in [7, 11) is 0. The van der Waals surface area contributed by atoms with Gasteiger partial charge in [0, 0.05) is 28.9 Å². The van der Waals surface area contributed by atoms with Crippen molar-refractivity contribution in [1.29, 1.82) is 0 Å². The van der Waals surface area contributed by atoms with Gasteiger partial charge in [-0.3, -0.25) is 4.79 Å². The third-order valence-corrected chi connectivity index (χ3v) is 3.06. The zero-order valence-electron chi connectivity index (χ0n) is 10.5. The van der Waals surface area contributed by atoms with Crippen LogP contribution in [0.2, 0.25) is 0 Å². The van der Waals surface area contributed by atoms with Crippen molar-refractivity contribution in [2.75, 3.05) is 5.32 Å². The molecule has 0 saturated carbocycles. The normalized spacial score (nSPS) is 10.6. The number of fused-ring (bicyclic) bond motifs is 1. The third kappa shape index (κ3) is 2.20. The highest BCUT2D eigenvalue weighted by Gasteiger charge is 2.09. The standard InChI is InChI=1S/C15H13N3O/c1-10-3-2-7-17-14(10)18-15(19)12-4-5-13-11(9-12)6-8-16-13/h2-9,16H,1H3,(H,17,18,19). The lowest BCUT2D eigenvalue weighted by Crippen LogP contribution is -2.13. The summed E-state index contributed by atoms with van der Waals surface area (Å²) in [6.07, 6.45) is 3.52. The molecule has 1 amide bonds. The van der Waals surface area contributed by atoms with Crippen LogP contribution >= 0.6 is 0 Å². The van der Waals surface area contributed by atoms with Gasteiger partial charge in [0.2, 0.25) is 0 Å². The van der Waals surface area contributed by atoms with Gasteiger partial charge in [-0.2, -0.15) is 0 Å². The van der Waals surface area contributed by atoms with E-state index in [1.54, 1.807) is 12.3 Å². The molecule has 0 radical (unpaired) electrons. The van der Waals surface area contributed by atoms with Crippen molar-refractivity contribution in [3.05, 3.63) is 59.9 Å². The van der Waals surface area contributed by atoms with Crippen LogP contribution in [0.1, 0.15) is 15.9 Å². The summed E-state index contributed by atoms with van der Waals surface area (Å²) in [4.78, 5) is 19.4. The first-order valence-electron chi connectivity index (χ1n) is 6.04. The number of benzene rings is 1. The van der Waals surface area contributed by atoms with Crippen LogP contribution in [0.3, 0.4) is 0 Å². The van der Waals surface area contributed by atoms with Crippen LogP contribution in [0.4, 0.5) is 5.82 Å². The average molecular weight is 251 g/mol. The third-order valence-electron chi connectivity index (χ3n) is 3.06. The van der Waals surface area contributed by atoms with Crippen molar-refractivity contribution in [1.82, 2.24) is 9.97 Å². The molecule has 1 aromatic carbocycles. The van der Waals surface area contributed by atoms with Gasteiger partial charge < -0.3 is 10.3 Å². The highest BCUT2D eigenvalue weighted by atomic mass is 16.1. The molecule has 0 spiro atoms. The van der Waals surface area contributed by atoms with Crippen LogP contribution in [0.25, 0.3) is 10.9 Å². The Morgan fingerprint density at radius 2 is 2.16 bits per heavy atom. The Kier molecular flexibility index (Phi) is 2.76. The molecule has 0 atom stereocenters. The second kappa shape index (κ2) is 4.57. The maximum atomic E-state index is 12.2. The van der Waals surface area contributed by atoms with Crippen LogP contribution in [0, 0.1) is 6.92 Å². The fourth-order valence-electron chi connectivity index (χ4n) is 1.99. The molecule has 0 unspecified atom stereocenters. The minimum Gasteiger partial charge on any atom is -0.361 e. The highest BCUT2D eigenvalue weighted by Crippen LogP contribution is 2.16. The number of aromatic amines is 1. The Hall–Kier alpha value is -2.62. The van der Waals surface area contributed by atoms with E-state index in [-0.39, 0.29) is 5.91 Å². The number of aryl methyl sites for hydroxylation is 1. The Morgan fingerprint density at radius 3 is 3.00 bits per heavy atom. The molecule has 0 bridgehead atoms. The minimum absolute atomic E-state index is 0.148. The Bertz CT molecular complexity index is 746. The van der Waals surface area contributed by atoms with E-state index in [2.05, 4.69) is 15.3 Å². The molecule has 0 fully saturated rings. The topological polar surface area (TPSA) is 57.8 Å². The number of anilines is 1. The second-order valence-electron chi connectivity index (χ2n) is 4.40. The number of H-pyrrole nitrogens is 1. The van der Waals surface area contributed by atoms with Crippen molar-refractivity contribution in [3.8, 4) is 0 Å². The summed E-state index contributed by atoms with van der Waals surface area (Å²) in [5, 5.41) is 3.84. The molecule has 2 heterocycles. The van der Waals surface area contributed by atoms with E-state index >= 15 is 0 Å². The summed E-state index contributed by atoms with van der Waals surface area (Å²) < 4.78 is 0. The zero-order valence-corrected chi connectivity index (χ0v) is 10.5. The van der Waals surface area contributed by atoms with Crippen LogP contribution in [0.5, 0.6) is 0 Å². The van der Waals surface area contributed by atoms with E-state index in [1.807, 2.05) is 43.5 Å². The number of carbonyl (C=O) groups is 1. The summed E-state index contributed by atoms with van der Waals surface area (Å²) in [5.74, 6) is 0.451. The molecular formula is C15H13N3O. The van der Waals surface area contributed by atoms with Gasteiger partial charge >= 0.3 is 0 Å². The number of aromatic nitrogens is 2. The average Bonchev–Trinajstić information content (AvgIpc) is 2.88. The zero-order chi connectivity index (χ0) is 13.2. The van der Waals surface area contributed by atoms with Gasteiger partial charge in [-0.25, -0.2) is 4.98 Å². The molecule has 19 heavy (non-hydrogen) atoms. The number of amides is 1. The van der Waals surface area contributed by atoms with Gasteiger partial charge in [-0.1, -0.05) is 6.07 Å². The van der Waals surface area contributed by atoms with Gasteiger partial charge in [0.1, 0.15) is 5.82 Å². The SMILES string of the molecule is Cc1cccnc1NC(=O)c1ccc2[nH]ccc2c1. The molecule has 2 N–H and O–H groups in total. The first kappa shape index (κ1) is 11.5. The van der Waals surface area contributed by atoms with Gasteiger partial charge in [-0.05, 0) is 42.8 Å². The molecule has 0 aliphatic carbocycles.